The van der Waals surface area contributed by atoms with Gasteiger partial charge < -0.3 is 14.8 Å². The molecule has 4 nitrogen and oxygen atoms in total. The first-order chi connectivity index (χ1) is 9.33. The fourth-order valence-corrected chi connectivity index (χ4v) is 3.59. The minimum absolute atomic E-state index is 0.619. The fraction of sp³-hybridized carbons (Fsp3) is 0.800. The number of rotatable bonds is 4. The van der Waals surface area contributed by atoms with Crippen molar-refractivity contribution in [3.63, 3.8) is 0 Å². The highest BCUT2D eigenvalue weighted by Crippen LogP contribution is 2.30. The number of nitrogens with zero attached hydrogens (tertiary/aromatic N) is 3. The molecule has 2 atom stereocenters. The highest BCUT2D eigenvalue weighted by molar-refractivity contribution is 4.92. The van der Waals surface area contributed by atoms with Crippen molar-refractivity contribution < 1.29 is 0 Å². The third kappa shape index (κ3) is 3.18. The van der Waals surface area contributed by atoms with E-state index in [1.54, 1.807) is 0 Å². The summed E-state index contributed by atoms with van der Waals surface area (Å²) < 4.78 is 2.29. The Kier molecular flexibility index (Phi) is 4.18. The van der Waals surface area contributed by atoms with Crippen molar-refractivity contribution >= 4 is 0 Å². The summed E-state index contributed by atoms with van der Waals surface area (Å²) in [7, 11) is 2.23. The van der Waals surface area contributed by atoms with Gasteiger partial charge in [0, 0.05) is 24.5 Å². The van der Waals surface area contributed by atoms with Crippen LogP contribution in [0.4, 0.5) is 0 Å². The number of piperidine rings is 1. The number of hydrogen-bond acceptors (Lipinski definition) is 3. The number of aromatic nitrogens is 2. The molecule has 19 heavy (non-hydrogen) atoms. The molecule has 2 fully saturated rings. The van der Waals surface area contributed by atoms with Gasteiger partial charge in [-0.25, -0.2) is 4.98 Å². The van der Waals surface area contributed by atoms with Crippen molar-refractivity contribution in [2.45, 2.75) is 44.2 Å². The van der Waals surface area contributed by atoms with Crippen LogP contribution in [0.15, 0.2) is 18.7 Å². The van der Waals surface area contributed by atoms with E-state index in [1.165, 1.54) is 51.7 Å². The zero-order chi connectivity index (χ0) is 13.1. The van der Waals surface area contributed by atoms with Gasteiger partial charge in [-0.1, -0.05) is 0 Å². The van der Waals surface area contributed by atoms with E-state index in [1.807, 2.05) is 12.5 Å². The predicted molar refractivity (Wildman–Crippen MR) is 77.1 cm³/mol. The summed E-state index contributed by atoms with van der Waals surface area (Å²) in [5, 5.41) is 3.84. The maximum atomic E-state index is 4.19. The molecule has 2 heterocycles. The minimum atomic E-state index is 0.619. The van der Waals surface area contributed by atoms with E-state index in [9.17, 15) is 0 Å². The van der Waals surface area contributed by atoms with Gasteiger partial charge in [-0.05, 0) is 64.7 Å². The molecule has 1 saturated carbocycles. The van der Waals surface area contributed by atoms with Crippen LogP contribution in [-0.2, 0) is 0 Å². The van der Waals surface area contributed by atoms with Gasteiger partial charge in [-0.3, -0.25) is 0 Å². The van der Waals surface area contributed by atoms with Crippen molar-refractivity contribution in [1.82, 2.24) is 19.8 Å². The van der Waals surface area contributed by atoms with Crippen LogP contribution in [0.25, 0.3) is 0 Å². The topological polar surface area (TPSA) is 33.1 Å². The molecule has 2 unspecified atom stereocenters. The lowest BCUT2D eigenvalue weighted by Crippen LogP contribution is -2.40. The van der Waals surface area contributed by atoms with Crippen molar-refractivity contribution in [3.8, 4) is 0 Å². The molecular weight excluding hydrogens is 236 g/mol. The summed E-state index contributed by atoms with van der Waals surface area (Å²) in [4.78, 5) is 6.63. The van der Waals surface area contributed by atoms with Crippen LogP contribution in [0.3, 0.4) is 0 Å². The molecule has 0 aromatic carbocycles. The predicted octanol–water partition coefficient (Wildman–Crippen LogP) is 1.91. The molecule has 1 aromatic rings. The maximum Gasteiger partial charge on any atom is 0.0949 e. The van der Waals surface area contributed by atoms with Gasteiger partial charge in [-0.15, -0.1) is 0 Å². The van der Waals surface area contributed by atoms with Crippen molar-refractivity contribution in [2.24, 2.45) is 5.92 Å². The Balaban J connectivity index is 1.49. The first kappa shape index (κ1) is 13.1. The van der Waals surface area contributed by atoms with Gasteiger partial charge in [0.25, 0.3) is 0 Å². The van der Waals surface area contributed by atoms with Crippen LogP contribution in [0.5, 0.6) is 0 Å². The van der Waals surface area contributed by atoms with Crippen LogP contribution < -0.4 is 5.32 Å². The quantitative estimate of drug-likeness (QED) is 0.900. The largest absolute Gasteiger partial charge is 0.333 e. The minimum Gasteiger partial charge on any atom is -0.333 e. The molecule has 0 spiro atoms. The number of imidazole rings is 1. The second kappa shape index (κ2) is 6.06. The van der Waals surface area contributed by atoms with E-state index in [0.717, 1.165) is 5.92 Å². The number of likely N-dealkylation sites (tertiary alicyclic amines) is 1. The molecule has 0 bridgehead atoms. The molecule has 4 heteroatoms. The Bertz CT molecular complexity index is 368. The Morgan fingerprint density at radius 1 is 1.21 bits per heavy atom. The van der Waals surface area contributed by atoms with Gasteiger partial charge in [0.05, 0.1) is 6.33 Å². The number of hydrogen-bond donors (Lipinski definition) is 1. The molecule has 1 N–H and O–H groups in total. The highest BCUT2D eigenvalue weighted by Gasteiger charge is 2.28. The van der Waals surface area contributed by atoms with Crippen molar-refractivity contribution in [1.29, 1.82) is 0 Å². The Labute approximate surface area is 116 Å². The molecular formula is C15H26N4. The summed E-state index contributed by atoms with van der Waals surface area (Å²) in [5.41, 5.74) is 0. The lowest BCUT2D eigenvalue weighted by atomic mass is 9.96. The smallest absolute Gasteiger partial charge is 0.0949 e. The van der Waals surface area contributed by atoms with Crippen LogP contribution >= 0.6 is 0 Å². The monoisotopic (exact) mass is 262 g/mol. The van der Waals surface area contributed by atoms with E-state index in [0.29, 0.717) is 12.1 Å². The van der Waals surface area contributed by atoms with E-state index >= 15 is 0 Å². The Morgan fingerprint density at radius 3 is 2.79 bits per heavy atom. The summed E-state index contributed by atoms with van der Waals surface area (Å²) in [6.45, 7) is 3.73. The van der Waals surface area contributed by atoms with E-state index < -0.39 is 0 Å². The van der Waals surface area contributed by atoms with Crippen LogP contribution in [0.2, 0.25) is 0 Å². The second-order valence-corrected chi connectivity index (χ2v) is 6.27. The van der Waals surface area contributed by atoms with E-state index in [2.05, 4.69) is 33.0 Å². The van der Waals surface area contributed by atoms with Gasteiger partial charge >= 0.3 is 0 Å². The van der Waals surface area contributed by atoms with Crippen LogP contribution in [0, 0.1) is 5.92 Å². The molecule has 1 saturated heterocycles. The summed E-state index contributed by atoms with van der Waals surface area (Å²) in [6.07, 6.45) is 12.6. The molecule has 1 aliphatic carbocycles. The number of nitrogens with one attached hydrogen (secondary N) is 1. The Morgan fingerprint density at radius 2 is 2.05 bits per heavy atom. The molecule has 3 rings (SSSR count). The zero-order valence-electron chi connectivity index (χ0n) is 12.0. The first-order valence-corrected chi connectivity index (χ1v) is 7.72. The zero-order valence-corrected chi connectivity index (χ0v) is 12.0. The van der Waals surface area contributed by atoms with E-state index in [4.69, 9.17) is 0 Å². The fourth-order valence-electron chi connectivity index (χ4n) is 3.59. The van der Waals surface area contributed by atoms with Crippen molar-refractivity contribution in [2.75, 3.05) is 26.7 Å². The lowest BCUT2D eigenvalue weighted by molar-refractivity contribution is 0.209. The Hall–Kier alpha value is -0.870. The summed E-state index contributed by atoms with van der Waals surface area (Å²) >= 11 is 0. The lowest BCUT2D eigenvalue weighted by Gasteiger charge is -2.31. The molecule has 1 aromatic heterocycles. The van der Waals surface area contributed by atoms with Crippen molar-refractivity contribution in [3.05, 3.63) is 18.7 Å². The van der Waals surface area contributed by atoms with Crippen LogP contribution in [0.1, 0.15) is 38.1 Å². The molecule has 0 amide bonds. The average Bonchev–Trinajstić information content (AvgIpc) is 3.08. The van der Waals surface area contributed by atoms with Crippen LogP contribution in [-0.4, -0.2) is 47.2 Å². The second-order valence-electron chi connectivity index (χ2n) is 6.27. The van der Waals surface area contributed by atoms with Gasteiger partial charge in [0.2, 0.25) is 0 Å². The van der Waals surface area contributed by atoms with Gasteiger partial charge in [0.1, 0.15) is 0 Å². The van der Waals surface area contributed by atoms with Gasteiger partial charge in [0.15, 0.2) is 0 Å². The molecule has 106 valence electrons. The van der Waals surface area contributed by atoms with Gasteiger partial charge in [-0.2, -0.15) is 0 Å². The third-order valence-corrected chi connectivity index (χ3v) is 4.89. The standard InChI is InChI=1S/C15H26N4/c1-18-8-5-13(6-9-18)11-17-14-3-2-4-15(14)19-10-7-16-12-19/h7,10,12-15,17H,2-6,8-9,11H2,1H3. The normalized spacial score (nSPS) is 29.9. The average molecular weight is 262 g/mol. The molecule has 2 aliphatic rings. The summed E-state index contributed by atoms with van der Waals surface area (Å²) in [5.74, 6) is 0.875. The SMILES string of the molecule is CN1CCC(CNC2CCCC2n2ccnc2)CC1. The molecule has 1 aliphatic heterocycles. The highest BCUT2D eigenvalue weighted by atomic mass is 15.1. The maximum absolute atomic E-state index is 4.19. The third-order valence-electron chi connectivity index (χ3n) is 4.89. The first-order valence-electron chi connectivity index (χ1n) is 7.72. The van der Waals surface area contributed by atoms with E-state index in [-0.39, 0.29) is 0 Å². The molecule has 0 radical (unpaired) electrons. The summed E-state index contributed by atoms with van der Waals surface area (Å²) in [6, 6.07) is 1.27.